The zero-order valence-corrected chi connectivity index (χ0v) is 14.8. The van der Waals surface area contributed by atoms with Crippen LogP contribution in [-0.4, -0.2) is 32.2 Å². The molecule has 0 spiro atoms. The maximum Gasteiger partial charge on any atom is 0.319 e. The monoisotopic (exact) mass is 310 g/mol. The SMILES string of the molecule is CCOC(=O)C(CCC[Si](C)(C)c1ccccc1)SC. The number of hydrogen-bond acceptors (Lipinski definition) is 3. The Bertz CT molecular complexity index is 406. The first kappa shape index (κ1) is 17.3. The number of carbonyl (C=O) groups excluding carboxylic acids is 1. The number of ether oxygens (including phenoxy) is 1. The molecule has 0 aliphatic heterocycles. The van der Waals surface area contributed by atoms with Crippen LogP contribution in [0.5, 0.6) is 0 Å². The Labute approximate surface area is 128 Å². The lowest BCUT2D eigenvalue weighted by Gasteiger charge is -2.23. The highest BCUT2D eigenvalue weighted by molar-refractivity contribution is 7.99. The number of thioether (sulfide) groups is 1. The molecular weight excluding hydrogens is 284 g/mol. The van der Waals surface area contributed by atoms with E-state index in [9.17, 15) is 4.79 Å². The predicted octanol–water partition coefficient (Wildman–Crippen LogP) is 3.68. The first-order chi connectivity index (χ1) is 9.51. The molecule has 2 nitrogen and oxygen atoms in total. The van der Waals surface area contributed by atoms with Gasteiger partial charge in [0.15, 0.2) is 0 Å². The van der Waals surface area contributed by atoms with Gasteiger partial charge in [0.05, 0.1) is 14.7 Å². The van der Waals surface area contributed by atoms with Crippen molar-refractivity contribution in [2.45, 2.75) is 44.2 Å². The Morgan fingerprint density at radius 3 is 2.50 bits per heavy atom. The van der Waals surface area contributed by atoms with Gasteiger partial charge >= 0.3 is 5.97 Å². The van der Waals surface area contributed by atoms with Crippen molar-refractivity contribution in [3.8, 4) is 0 Å². The summed E-state index contributed by atoms with van der Waals surface area (Å²) in [6.07, 6.45) is 4.00. The van der Waals surface area contributed by atoms with Gasteiger partial charge in [-0.2, -0.15) is 11.8 Å². The molecule has 0 fully saturated rings. The van der Waals surface area contributed by atoms with Crippen LogP contribution in [0, 0.1) is 0 Å². The smallest absolute Gasteiger partial charge is 0.319 e. The fourth-order valence-electron chi connectivity index (χ4n) is 2.33. The van der Waals surface area contributed by atoms with Crippen LogP contribution in [0.25, 0.3) is 0 Å². The van der Waals surface area contributed by atoms with Gasteiger partial charge in [0.2, 0.25) is 0 Å². The van der Waals surface area contributed by atoms with Crippen LogP contribution in [0.4, 0.5) is 0 Å². The van der Waals surface area contributed by atoms with E-state index in [0.29, 0.717) is 6.61 Å². The summed E-state index contributed by atoms with van der Waals surface area (Å²) in [6.45, 7) is 7.14. The second-order valence-corrected chi connectivity index (χ2v) is 11.5. The van der Waals surface area contributed by atoms with Crippen molar-refractivity contribution in [1.29, 1.82) is 0 Å². The first-order valence-corrected chi connectivity index (χ1v) is 11.8. The van der Waals surface area contributed by atoms with Gasteiger partial charge < -0.3 is 4.74 Å². The van der Waals surface area contributed by atoms with Crippen LogP contribution in [-0.2, 0) is 9.53 Å². The van der Waals surface area contributed by atoms with E-state index in [4.69, 9.17) is 4.74 Å². The van der Waals surface area contributed by atoms with Crippen LogP contribution < -0.4 is 5.19 Å². The van der Waals surface area contributed by atoms with Crippen LogP contribution >= 0.6 is 11.8 Å². The molecule has 0 N–H and O–H groups in total. The Morgan fingerprint density at radius 1 is 1.30 bits per heavy atom. The average molecular weight is 311 g/mol. The zero-order valence-electron chi connectivity index (χ0n) is 13.0. The molecule has 20 heavy (non-hydrogen) atoms. The average Bonchev–Trinajstić information content (AvgIpc) is 2.44. The molecule has 0 amide bonds. The third-order valence-electron chi connectivity index (χ3n) is 3.66. The maximum absolute atomic E-state index is 11.8. The van der Waals surface area contributed by atoms with Gasteiger partial charge in [-0.15, -0.1) is 0 Å². The molecule has 0 saturated heterocycles. The lowest BCUT2D eigenvalue weighted by molar-refractivity contribution is -0.142. The third kappa shape index (κ3) is 5.33. The highest BCUT2D eigenvalue weighted by Crippen LogP contribution is 2.20. The van der Waals surface area contributed by atoms with E-state index in [0.717, 1.165) is 12.8 Å². The first-order valence-electron chi connectivity index (χ1n) is 7.26. The minimum Gasteiger partial charge on any atom is -0.465 e. The topological polar surface area (TPSA) is 26.3 Å². The molecule has 1 unspecified atom stereocenters. The van der Waals surface area contributed by atoms with Gasteiger partial charge in [-0.25, -0.2) is 0 Å². The number of rotatable bonds is 8. The molecule has 1 atom stereocenters. The largest absolute Gasteiger partial charge is 0.465 e. The Hall–Kier alpha value is -0.743. The summed E-state index contributed by atoms with van der Waals surface area (Å²) < 4.78 is 5.11. The summed E-state index contributed by atoms with van der Waals surface area (Å²) in [6, 6.07) is 12.0. The molecule has 1 aromatic carbocycles. The summed E-state index contributed by atoms with van der Waals surface area (Å²) in [4.78, 5) is 11.8. The van der Waals surface area contributed by atoms with E-state index in [1.54, 1.807) is 11.8 Å². The molecule has 0 saturated carbocycles. The van der Waals surface area contributed by atoms with Crippen molar-refractivity contribution in [3.05, 3.63) is 30.3 Å². The van der Waals surface area contributed by atoms with Gasteiger partial charge in [-0.05, 0) is 19.6 Å². The lowest BCUT2D eigenvalue weighted by atomic mass is 10.2. The number of hydrogen-bond donors (Lipinski definition) is 0. The normalized spacial score (nSPS) is 13.0. The summed E-state index contributed by atoms with van der Waals surface area (Å²) in [5, 5.41) is 1.49. The highest BCUT2D eigenvalue weighted by atomic mass is 32.2. The van der Waals surface area contributed by atoms with E-state index in [1.807, 2.05) is 13.2 Å². The summed E-state index contributed by atoms with van der Waals surface area (Å²) >= 11 is 1.61. The van der Waals surface area contributed by atoms with Gasteiger partial charge in [0, 0.05) is 0 Å². The predicted molar refractivity (Wildman–Crippen MR) is 91.5 cm³/mol. The molecule has 112 valence electrons. The van der Waals surface area contributed by atoms with Crippen LogP contribution in [0.1, 0.15) is 19.8 Å². The van der Waals surface area contributed by atoms with Crippen molar-refractivity contribution in [2.75, 3.05) is 12.9 Å². The van der Waals surface area contributed by atoms with Gasteiger partial charge in [0.1, 0.15) is 5.25 Å². The standard InChI is InChI=1S/C16H26O2SSi/c1-5-18-16(17)15(19-2)12-9-13-20(3,4)14-10-7-6-8-11-14/h6-8,10-11,15H,5,9,12-13H2,1-4H3. The van der Waals surface area contributed by atoms with E-state index in [1.165, 1.54) is 11.2 Å². The molecule has 0 aliphatic carbocycles. The van der Waals surface area contributed by atoms with Crippen LogP contribution in [0.2, 0.25) is 19.1 Å². The maximum atomic E-state index is 11.8. The Kier molecular flexibility index (Phi) is 7.38. The molecule has 0 aliphatic rings. The van der Waals surface area contributed by atoms with Gasteiger partial charge in [-0.3, -0.25) is 4.79 Å². The van der Waals surface area contributed by atoms with E-state index >= 15 is 0 Å². The minimum atomic E-state index is -1.37. The zero-order chi connectivity index (χ0) is 15.0. The minimum absolute atomic E-state index is 0.00415. The molecule has 1 aromatic rings. The molecule has 0 aromatic heterocycles. The van der Waals surface area contributed by atoms with Crippen molar-refractivity contribution in [2.24, 2.45) is 0 Å². The van der Waals surface area contributed by atoms with Crippen LogP contribution in [0.15, 0.2) is 30.3 Å². The lowest BCUT2D eigenvalue weighted by Crippen LogP contribution is -2.41. The fourth-order valence-corrected chi connectivity index (χ4v) is 5.46. The molecule has 0 heterocycles. The Balaban J connectivity index is 2.48. The Morgan fingerprint density at radius 2 is 1.95 bits per heavy atom. The molecular formula is C16H26O2SSi. The van der Waals surface area contributed by atoms with E-state index in [2.05, 4.69) is 43.4 Å². The van der Waals surface area contributed by atoms with Gasteiger partial charge in [-0.1, -0.05) is 61.1 Å². The van der Waals surface area contributed by atoms with Crippen molar-refractivity contribution in [1.82, 2.24) is 0 Å². The van der Waals surface area contributed by atoms with Gasteiger partial charge in [0.25, 0.3) is 0 Å². The van der Waals surface area contributed by atoms with E-state index in [-0.39, 0.29) is 11.2 Å². The highest BCUT2D eigenvalue weighted by Gasteiger charge is 2.24. The third-order valence-corrected chi connectivity index (χ3v) is 8.15. The van der Waals surface area contributed by atoms with Crippen molar-refractivity contribution in [3.63, 3.8) is 0 Å². The van der Waals surface area contributed by atoms with Crippen LogP contribution in [0.3, 0.4) is 0 Å². The number of esters is 1. The summed E-state index contributed by atoms with van der Waals surface area (Å²) in [5.74, 6) is -0.0563. The molecule has 0 radical (unpaired) electrons. The number of benzene rings is 1. The fraction of sp³-hybridized carbons (Fsp3) is 0.562. The van der Waals surface area contributed by atoms with Crippen molar-refractivity contribution >= 4 is 31.0 Å². The molecule has 4 heteroatoms. The van der Waals surface area contributed by atoms with Crippen molar-refractivity contribution < 1.29 is 9.53 Å². The number of carbonyl (C=O) groups is 1. The molecule has 1 rings (SSSR count). The second kappa shape index (κ2) is 8.52. The molecule has 0 bridgehead atoms. The second-order valence-electron chi connectivity index (χ2n) is 5.62. The van der Waals surface area contributed by atoms with E-state index < -0.39 is 8.07 Å². The summed E-state index contributed by atoms with van der Waals surface area (Å²) in [7, 11) is -1.37. The quantitative estimate of drug-likeness (QED) is 0.541. The summed E-state index contributed by atoms with van der Waals surface area (Å²) in [5.41, 5.74) is 0.